The Hall–Kier alpha value is -1.95. The number of nitrogens with one attached hydrogen (secondary N) is 1. The molecule has 0 saturated carbocycles. The summed E-state index contributed by atoms with van der Waals surface area (Å²) in [7, 11) is 3.71. The van der Waals surface area contributed by atoms with E-state index in [0.717, 1.165) is 4.88 Å². The van der Waals surface area contributed by atoms with Gasteiger partial charge in [0.1, 0.15) is 5.82 Å². The molecule has 0 atom stereocenters. The number of hydrogen-bond donors (Lipinski definition) is 1. The molecular formula is C12H14N4OS. The summed E-state index contributed by atoms with van der Waals surface area (Å²) in [5.74, 6) is 0.449. The molecule has 2 aromatic heterocycles. The lowest BCUT2D eigenvalue weighted by Gasteiger charge is -2.14. The SMILES string of the molecule is Cc1cnc(NC(=O)c2cccnc2N(C)C)s1. The van der Waals surface area contributed by atoms with Gasteiger partial charge in [-0.3, -0.25) is 10.1 Å². The van der Waals surface area contributed by atoms with E-state index >= 15 is 0 Å². The van der Waals surface area contributed by atoms with Gasteiger partial charge in [-0.2, -0.15) is 0 Å². The Kier molecular flexibility index (Phi) is 3.57. The zero-order valence-electron chi connectivity index (χ0n) is 10.5. The van der Waals surface area contributed by atoms with E-state index in [1.54, 1.807) is 24.5 Å². The molecule has 0 saturated heterocycles. The van der Waals surface area contributed by atoms with Gasteiger partial charge in [0.2, 0.25) is 0 Å². The van der Waals surface area contributed by atoms with Crippen LogP contribution in [0, 0.1) is 6.92 Å². The quantitative estimate of drug-likeness (QED) is 0.921. The third kappa shape index (κ3) is 2.65. The van der Waals surface area contributed by atoms with Crippen molar-refractivity contribution in [3.05, 3.63) is 35.0 Å². The number of thiazole rings is 1. The van der Waals surface area contributed by atoms with Crippen molar-refractivity contribution in [2.75, 3.05) is 24.3 Å². The molecule has 2 heterocycles. The van der Waals surface area contributed by atoms with E-state index in [1.165, 1.54) is 11.3 Å². The lowest BCUT2D eigenvalue weighted by atomic mass is 10.2. The highest BCUT2D eigenvalue weighted by Crippen LogP contribution is 2.20. The predicted molar refractivity (Wildman–Crippen MR) is 73.4 cm³/mol. The molecule has 6 heteroatoms. The molecule has 5 nitrogen and oxygen atoms in total. The van der Waals surface area contributed by atoms with E-state index in [4.69, 9.17) is 0 Å². The Balaban J connectivity index is 2.24. The molecule has 18 heavy (non-hydrogen) atoms. The summed E-state index contributed by atoms with van der Waals surface area (Å²) in [6, 6.07) is 3.49. The van der Waals surface area contributed by atoms with Gasteiger partial charge >= 0.3 is 0 Å². The molecule has 2 aromatic rings. The van der Waals surface area contributed by atoms with Crippen LogP contribution in [0.15, 0.2) is 24.5 Å². The van der Waals surface area contributed by atoms with Gasteiger partial charge < -0.3 is 4.90 Å². The summed E-state index contributed by atoms with van der Waals surface area (Å²) in [6.45, 7) is 1.95. The lowest BCUT2D eigenvalue weighted by molar-refractivity contribution is 0.102. The van der Waals surface area contributed by atoms with Crippen LogP contribution in [0.4, 0.5) is 10.9 Å². The number of carbonyl (C=O) groups excluding carboxylic acids is 1. The molecule has 0 unspecified atom stereocenters. The average molecular weight is 262 g/mol. The second kappa shape index (κ2) is 5.14. The van der Waals surface area contributed by atoms with Gasteiger partial charge in [-0.1, -0.05) is 0 Å². The van der Waals surface area contributed by atoms with Crippen LogP contribution < -0.4 is 10.2 Å². The van der Waals surface area contributed by atoms with E-state index in [9.17, 15) is 4.79 Å². The maximum Gasteiger partial charge on any atom is 0.261 e. The number of carbonyl (C=O) groups is 1. The number of rotatable bonds is 3. The van der Waals surface area contributed by atoms with Crippen molar-refractivity contribution in [3.63, 3.8) is 0 Å². The van der Waals surface area contributed by atoms with Gasteiger partial charge in [0.25, 0.3) is 5.91 Å². The molecule has 0 aliphatic carbocycles. The van der Waals surface area contributed by atoms with E-state index in [2.05, 4.69) is 15.3 Å². The zero-order valence-corrected chi connectivity index (χ0v) is 11.3. The highest BCUT2D eigenvalue weighted by Gasteiger charge is 2.14. The van der Waals surface area contributed by atoms with Crippen molar-refractivity contribution in [1.29, 1.82) is 0 Å². The minimum atomic E-state index is -0.193. The molecule has 94 valence electrons. The Morgan fingerprint density at radius 3 is 2.78 bits per heavy atom. The monoisotopic (exact) mass is 262 g/mol. The van der Waals surface area contributed by atoms with E-state index in [-0.39, 0.29) is 5.91 Å². The summed E-state index contributed by atoms with van der Waals surface area (Å²) in [4.78, 5) is 23.3. The fraction of sp³-hybridized carbons (Fsp3) is 0.250. The molecular weight excluding hydrogens is 248 g/mol. The smallest absolute Gasteiger partial charge is 0.261 e. The van der Waals surface area contributed by atoms with Crippen LogP contribution in [-0.4, -0.2) is 30.0 Å². The molecule has 0 spiro atoms. The molecule has 0 aliphatic rings. The standard InChI is InChI=1S/C12H14N4OS/c1-8-7-14-12(18-8)15-11(17)9-5-4-6-13-10(9)16(2)3/h4-7H,1-3H3,(H,14,15,17). The summed E-state index contributed by atoms with van der Waals surface area (Å²) in [6.07, 6.45) is 3.40. The second-order valence-corrected chi connectivity index (χ2v) is 5.23. The first-order valence-corrected chi connectivity index (χ1v) is 6.25. The Bertz CT molecular complexity index is 565. The number of hydrogen-bond acceptors (Lipinski definition) is 5. The van der Waals surface area contributed by atoms with Gasteiger partial charge in [-0.15, -0.1) is 11.3 Å². The van der Waals surface area contributed by atoms with E-state index < -0.39 is 0 Å². The van der Waals surface area contributed by atoms with Crippen molar-refractivity contribution in [2.45, 2.75) is 6.92 Å². The van der Waals surface area contributed by atoms with Gasteiger partial charge in [-0.25, -0.2) is 9.97 Å². The largest absolute Gasteiger partial charge is 0.362 e. The molecule has 0 fully saturated rings. The number of pyridine rings is 1. The van der Waals surface area contributed by atoms with Crippen LogP contribution in [0.25, 0.3) is 0 Å². The number of aryl methyl sites for hydroxylation is 1. The lowest BCUT2D eigenvalue weighted by Crippen LogP contribution is -2.19. The highest BCUT2D eigenvalue weighted by atomic mass is 32.1. The maximum atomic E-state index is 12.1. The molecule has 0 bridgehead atoms. The van der Waals surface area contributed by atoms with Crippen molar-refractivity contribution in [3.8, 4) is 0 Å². The first-order valence-electron chi connectivity index (χ1n) is 5.44. The Labute approximate surface area is 109 Å². The molecule has 0 aromatic carbocycles. The third-order valence-electron chi connectivity index (χ3n) is 2.30. The van der Waals surface area contributed by atoms with Crippen LogP contribution in [-0.2, 0) is 0 Å². The molecule has 0 radical (unpaired) electrons. The summed E-state index contributed by atoms with van der Waals surface area (Å²) >= 11 is 1.45. The van der Waals surface area contributed by atoms with Crippen molar-refractivity contribution in [2.24, 2.45) is 0 Å². The highest BCUT2D eigenvalue weighted by molar-refractivity contribution is 7.15. The first-order chi connectivity index (χ1) is 8.58. The number of nitrogens with zero attached hydrogens (tertiary/aromatic N) is 3. The number of amides is 1. The normalized spacial score (nSPS) is 10.2. The second-order valence-electron chi connectivity index (χ2n) is 4.00. The first kappa shape index (κ1) is 12.5. The average Bonchev–Trinajstić information content (AvgIpc) is 2.74. The molecule has 1 amide bonds. The molecule has 1 N–H and O–H groups in total. The van der Waals surface area contributed by atoms with Crippen LogP contribution in [0.1, 0.15) is 15.2 Å². The van der Waals surface area contributed by atoms with Gasteiger partial charge in [0, 0.05) is 31.4 Å². The van der Waals surface area contributed by atoms with Gasteiger partial charge in [0.05, 0.1) is 5.56 Å². The molecule has 2 rings (SSSR count). The molecule has 0 aliphatic heterocycles. The van der Waals surface area contributed by atoms with Crippen molar-refractivity contribution < 1.29 is 4.79 Å². The van der Waals surface area contributed by atoms with Crippen LogP contribution >= 0.6 is 11.3 Å². The zero-order chi connectivity index (χ0) is 13.1. The maximum absolute atomic E-state index is 12.1. The minimum absolute atomic E-state index is 0.193. The Morgan fingerprint density at radius 2 is 2.17 bits per heavy atom. The van der Waals surface area contributed by atoms with Crippen molar-refractivity contribution >= 4 is 28.2 Å². The van der Waals surface area contributed by atoms with Crippen molar-refractivity contribution in [1.82, 2.24) is 9.97 Å². The third-order valence-corrected chi connectivity index (χ3v) is 3.12. The summed E-state index contributed by atoms with van der Waals surface area (Å²) in [5.41, 5.74) is 0.537. The fourth-order valence-electron chi connectivity index (χ4n) is 1.51. The van der Waals surface area contributed by atoms with E-state index in [1.807, 2.05) is 25.9 Å². The summed E-state index contributed by atoms with van der Waals surface area (Å²) < 4.78 is 0. The topological polar surface area (TPSA) is 58.1 Å². The van der Waals surface area contributed by atoms with Crippen LogP contribution in [0.3, 0.4) is 0 Å². The predicted octanol–water partition coefficient (Wildman–Crippen LogP) is 2.16. The van der Waals surface area contributed by atoms with Gasteiger partial charge in [0.15, 0.2) is 5.13 Å². The van der Waals surface area contributed by atoms with Gasteiger partial charge in [-0.05, 0) is 19.1 Å². The van der Waals surface area contributed by atoms with Crippen LogP contribution in [0.5, 0.6) is 0 Å². The van der Waals surface area contributed by atoms with Crippen LogP contribution in [0.2, 0.25) is 0 Å². The number of aromatic nitrogens is 2. The fourth-order valence-corrected chi connectivity index (χ4v) is 2.17. The van der Waals surface area contributed by atoms with E-state index in [0.29, 0.717) is 16.5 Å². The Morgan fingerprint density at radius 1 is 1.39 bits per heavy atom. The number of anilines is 2. The summed E-state index contributed by atoms with van der Waals surface area (Å²) in [5, 5.41) is 3.38. The minimum Gasteiger partial charge on any atom is -0.362 e.